The summed E-state index contributed by atoms with van der Waals surface area (Å²) in [5, 5.41) is 2.52. The van der Waals surface area contributed by atoms with Crippen LogP contribution in [0.5, 0.6) is 5.75 Å². The van der Waals surface area contributed by atoms with Gasteiger partial charge in [0.05, 0.1) is 12.2 Å². The van der Waals surface area contributed by atoms with Crippen molar-refractivity contribution >= 4 is 35.1 Å². The fraction of sp³-hybridized carbons (Fsp3) is 0.412. The van der Waals surface area contributed by atoms with E-state index in [4.69, 9.17) is 21.7 Å². The van der Waals surface area contributed by atoms with E-state index in [1.54, 1.807) is 24.3 Å². The van der Waals surface area contributed by atoms with Crippen LogP contribution in [0.1, 0.15) is 36.5 Å². The molecule has 0 heterocycles. The number of amides is 2. The summed E-state index contributed by atoms with van der Waals surface area (Å²) in [4.78, 5) is 34.9. The largest absolute Gasteiger partial charge is 0.484 e. The summed E-state index contributed by atoms with van der Waals surface area (Å²) < 4.78 is 10.3. The van der Waals surface area contributed by atoms with E-state index in [0.29, 0.717) is 17.9 Å². The fourth-order valence-corrected chi connectivity index (χ4v) is 2.02. The highest BCUT2D eigenvalue weighted by molar-refractivity contribution is 7.80. The lowest BCUT2D eigenvalue weighted by Crippen LogP contribution is -2.50. The van der Waals surface area contributed by atoms with E-state index in [1.807, 2.05) is 6.92 Å². The Morgan fingerprint density at radius 3 is 2.46 bits per heavy atom. The van der Waals surface area contributed by atoms with E-state index in [0.717, 1.165) is 19.3 Å². The van der Waals surface area contributed by atoms with E-state index in [1.165, 1.54) is 0 Å². The summed E-state index contributed by atoms with van der Waals surface area (Å²) >= 11 is 4.90. The highest BCUT2D eigenvalue weighted by Gasteiger charge is 2.30. The number of rotatable bonds is 7. The number of nitrogens with one attached hydrogen (secondary N) is 3. The van der Waals surface area contributed by atoms with Gasteiger partial charge in [0.1, 0.15) is 5.75 Å². The summed E-state index contributed by atoms with van der Waals surface area (Å²) in [6.45, 7) is 2.02. The van der Waals surface area contributed by atoms with Gasteiger partial charge in [-0.05, 0) is 55.7 Å². The van der Waals surface area contributed by atoms with E-state index >= 15 is 0 Å². The molecule has 9 heteroatoms. The highest BCUT2D eigenvalue weighted by Crippen LogP contribution is 2.28. The Morgan fingerprint density at radius 1 is 1.15 bits per heavy atom. The highest BCUT2D eigenvalue weighted by atomic mass is 32.1. The van der Waals surface area contributed by atoms with Crippen LogP contribution in [0.4, 0.5) is 0 Å². The molecule has 3 N–H and O–H groups in total. The zero-order valence-corrected chi connectivity index (χ0v) is 15.2. The Morgan fingerprint density at radius 2 is 1.85 bits per heavy atom. The van der Waals surface area contributed by atoms with Gasteiger partial charge in [-0.1, -0.05) is 6.92 Å². The van der Waals surface area contributed by atoms with Gasteiger partial charge in [-0.15, -0.1) is 0 Å². The van der Waals surface area contributed by atoms with Crippen molar-refractivity contribution in [2.24, 2.45) is 5.92 Å². The summed E-state index contributed by atoms with van der Waals surface area (Å²) in [7, 11) is 0. The smallest absolute Gasteiger partial charge is 0.338 e. The first-order chi connectivity index (χ1) is 12.5. The van der Waals surface area contributed by atoms with Crippen LogP contribution in [-0.2, 0) is 14.3 Å². The second kappa shape index (κ2) is 9.71. The van der Waals surface area contributed by atoms with Gasteiger partial charge >= 0.3 is 5.97 Å². The maximum Gasteiger partial charge on any atom is 0.338 e. The standard InChI is InChI=1S/C17H21N3O5S/c1-2-9-24-16(23)12-5-7-13(8-6-12)25-10-14(21)19-20-17(26)18-15(22)11-3-4-11/h5-8,11H,2-4,9-10H2,1H3,(H,19,21)(H2,18,20,22,26). The molecule has 26 heavy (non-hydrogen) atoms. The Kier molecular flexibility index (Phi) is 7.34. The number of hydrogen-bond donors (Lipinski definition) is 3. The number of benzene rings is 1. The lowest BCUT2D eigenvalue weighted by atomic mass is 10.2. The van der Waals surface area contributed by atoms with Crippen molar-refractivity contribution in [3.05, 3.63) is 29.8 Å². The molecule has 2 rings (SSSR count). The van der Waals surface area contributed by atoms with Crippen molar-refractivity contribution in [3.63, 3.8) is 0 Å². The molecule has 2 amide bonds. The predicted molar refractivity (Wildman–Crippen MR) is 97.3 cm³/mol. The van der Waals surface area contributed by atoms with Gasteiger partial charge in [-0.2, -0.15) is 0 Å². The minimum absolute atomic E-state index is 0.0241. The number of ether oxygens (including phenoxy) is 2. The van der Waals surface area contributed by atoms with Gasteiger partial charge in [-0.3, -0.25) is 20.4 Å². The van der Waals surface area contributed by atoms with Crippen molar-refractivity contribution in [1.82, 2.24) is 16.2 Å². The third-order valence-corrected chi connectivity index (χ3v) is 3.60. The predicted octanol–water partition coefficient (Wildman–Crippen LogP) is 1.06. The molecule has 140 valence electrons. The number of hydrazine groups is 1. The maximum absolute atomic E-state index is 11.7. The van der Waals surface area contributed by atoms with Gasteiger partial charge in [0, 0.05) is 5.92 Å². The van der Waals surface area contributed by atoms with E-state index in [2.05, 4.69) is 16.2 Å². The zero-order valence-electron chi connectivity index (χ0n) is 14.4. The van der Waals surface area contributed by atoms with Crippen LogP contribution in [0.25, 0.3) is 0 Å². The average molecular weight is 379 g/mol. The molecule has 0 unspecified atom stereocenters. The summed E-state index contributed by atoms with van der Waals surface area (Å²) in [5.41, 5.74) is 5.17. The molecule has 1 fully saturated rings. The molecule has 0 aromatic heterocycles. The number of carbonyl (C=O) groups is 3. The van der Waals surface area contributed by atoms with Gasteiger partial charge in [0.2, 0.25) is 5.91 Å². The maximum atomic E-state index is 11.7. The molecule has 1 aromatic rings. The molecule has 0 bridgehead atoms. The first-order valence-corrected chi connectivity index (χ1v) is 8.70. The van der Waals surface area contributed by atoms with E-state index < -0.39 is 11.9 Å². The first kappa shape index (κ1) is 19.6. The van der Waals surface area contributed by atoms with Gasteiger partial charge in [-0.25, -0.2) is 4.79 Å². The van der Waals surface area contributed by atoms with Crippen molar-refractivity contribution < 1.29 is 23.9 Å². The number of carbonyl (C=O) groups excluding carboxylic acids is 3. The molecule has 1 aromatic carbocycles. The minimum Gasteiger partial charge on any atom is -0.484 e. The normalized spacial score (nSPS) is 12.7. The van der Waals surface area contributed by atoms with E-state index in [9.17, 15) is 14.4 Å². The second-order valence-corrected chi connectivity index (χ2v) is 6.12. The van der Waals surface area contributed by atoms with Crippen molar-refractivity contribution in [2.45, 2.75) is 26.2 Å². The van der Waals surface area contributed by atoms with Crippen LogP contribution < -0.4 is 20.9 Å². The number of thiocarbonyl (C=S) groups is 1. The Labute approximate surface area is 156 Å². The zero-order chi connectivity index (χ0) is 18.9. The Hall–Kier alpha value is -2.68. The van der Waals surface area contributed by atoms with Crippen molar-refractivity contribution in [3.8, 4) is 5.75 Å². The third kappa shape index (κ3) is 6.67. The van der Waals surface area contributed by atoms with Crippen LogP contribution in [0.15, 0.2) is 24.3 Å². The van der Waals surface area contributed by atoms with Crippen molar-refractivity contribution in [2.75, 3.05) is 13.2 Å². The molecule has 1 saturated carbocycles. The molecule has 0 aliphatic heterocycles. The molecule has 0 atom stereocenters. The summed E-state index contributed by atoms with van der Waals surface area (Å²) in [6, 6.07) is 6.27. The van der Waals surface area contributed by atoms with Gasteiger partial charge in [0.25, 0.3) is 5.91 Å². The summed E-state index contributed by atoms with van der Waals surface area (Å²) in [6.07, 6.45) is 2.48. The van der Waals surface area contributed by atoms with Crippen LogP contribution in [-0.4, -0.2) is 36.1 Å². The molecule has 1 aliphatic carbocycles. The Balaban J connectivity index is 1.67. The molecule has 0 radical (unpaired) electrons. The van der Waals surface area contributed by atoms with Crippen LogP contribution in [0.3, 0.4) is 0 Å². The van der Waals surface area contributed by atoms with Crippen LogP contribution in [0, 0.1) is 5.92 Å². The topological polar surface area (TPSA) is 106 Å². The lowest BCUT2D eigenvalue weighted by molar-refractivity contribution is -0.124. The first-order valence-electron chi connectivity index (χ1n) is 8.29. The number of esters is 1. The van der Waals surface area contributed by atoms with E-state index in [-0.39, 0.29) is 23.5 Å². The minimum atomic E-state index is -0.473. The molecule has 8 nitrogen and oxygen atoms in total. The average Bonchev–Trinajstić information content (AvgIpc) is 3.48. The van der Waals surface area contributed by atoms with Gasteiger partial charge in [0.15, 0.2) is 11.7 Å². The Bertz CT molecular complexity index is 673. The summed E-state index contributed by atoms with van der Waals surface area (Å²) in [5.74, 6) is -0.570. The van der Waals surface area contributed by atoms with Crippen molar-refractivity contribution in [1.29, 1.82) is 0 Å². The molecule has 0 saturated heterocycles. The van der Waals surface area contributed by atoms with Gasteiger partial charge < -0.3 is 14.8 Å². The van der Waals surface area contributed by atoms with Crippen LogP contribution in [0.2, 0.25) is 0 Å². The fourth-order valence-electron chi connectivity index (χ4n) is 1.87. The monoisotopic (exact) mass is 379 g/mol. The third-order valence-electron chi connectivity index (χ3n) is 3.40. The molecular formula is C17H21N3O5S. The molecule has 0 spiro atoms. The molecular weight excluding hydrogens is 358 g/mol. The molecule has 1 aliphatic rings. The van der Waals surface area contributed by atoms with Crippen LogP contribution >= 0.6 is 12.2 Å². The SMILES string of the molecule is CCCOC(=O)c1ccc(OCC(=O)NNC(=S)NC(=O)C2CC2)cc1. The number of hydrogen-bond acceptors (Lipinski definition) is 6. The quantitative estimate of drug-likeness (QED) is 0.370. The second-order valence-electron chi connectivity index (χ2n) is 5.71. The lowest BCUT2D eigenvalue weighted by Gasteiger charge is -2.11.